The highest BCUT2D eigenvalue weighted by atomic mass is 16.2. The lowest BCUT2D eigenvalue weighted by atomic mass is 9.72. The van der Waals surface area contributed by atoms with Gasteiger partial charge in [-0.1, -0.05) is 40.5 Å². The quantitative estimate of drug-likeness (QED) is 0.805. The molecule has 5 atom stereocenters. The van der Waals surface area contributed by atoms with Crippen LogP contribution in [0.4, 0.5) is 0 Å². The topological polar surface area (TPSA) is 55.1 Å². The van der Waals surface area contributed by atoms with Gasteiger partial charge in [0.1, 0.15) is 0 Å². The van der Waals surface area contributed by atoms with Crippen LogP contribution in [0.5, 0.6) is 0 Å². The van der Waals surface area contributed by atoms with Crippen molar-refractivity contribution in [3.05, 3.63) is 0 Å². The molecule has 0 saturated heterocycles. The first kappa shape index (κ1) is 16.5. The highest BCUT2D eigenvalue weighted by Gasteiger charge is 2.35. The van der Waals surface area contributed by atoms with Gasteiger partial charge in [0.2, 0.25) is 5.91 Å². The maximum absolute atomic E-state index is 12.4. The van der Waals surface area contributed by atoms with Crippen molar-refractivity contribution in [2.24, 2.45) is 29.4 Å². The van der Waals surface area contributed by atoms with Crippen LogP contribution in [-0.2, 0) is 4.79 Å². The minimum absolute atomic E-state index is 0.100. The second-order valence-electron chi connectivity index (χ2n) is 6.57. The predicted octanol–water partition coefficient (Wildman–Crippen LogP) is 2.94. The van der Waals surface area contributed by atoms with E-state index in [0.717, 1.165) is 25.7 Å². The largest absolute Gasteiger partial charge is 0.353 e. The molecule has 0 aromatic rings. The molecule has 0 aromatic carbocycles. The van der Waals surface area contributed by atoms with Gasteiger partial charge in [-0.15, -0.1) is 0 Å². The Morgan fingerprint density at radius 2 is 1.79 bits per heavy atom. The van der Waals surface area contributed by atoms with Crippen molar-refractivity contribution in [3.8, 4) is 0 Å². The molecule has 0 heterocycles. The van der Waals surface area contributed by atoms with Crippen LogP contribution in [-0.4, -0.2) is 18.0 Å². The first-order valence-corrected chi connectivity index (χ1v) is 7.96. The molecule has 0 bridgehead atoms. The molecular weight excluding hydrogens is 236 g/mol. The van der Waals surface area contributed by atoms with Crippen LogP contribution in [0.15, 0.2) is 0 Å². The molecule has 1 saturated carbocycles. The average Bonchev–Trinajstić information content (AvgIpc) is 2.35. The van der Waals surface area contributed by atoms with Gasteiger partial charge in [-0.2, -0.15) is 0 Å². The Morgan fingerprint density at radius 1 is 1.21 bits per heavy atom. The number of hydrogen-bond donors (Lipinski definition) is 2. The van der Waals surface area contributed by atoms with Crippen LogP contribution < -0.4 is 11.1 Å². The lowest BCUT2D eigenvalue weighted by molar-refractivity contribution is -0.129. The van der Waals surface area contributed by atoms with E-state index in [2.05, 4.69) is 39.9 Å². The smallest absolute Gasteiger partial charge is 0.223 e. The predicted molar refractivity (Wildman–Crippen MR) is 80.7 cm³/mol. The van der Waals surface area contributed by atoms with Gasteiger partial charge >= 0.3 is 0 Å². The maximum Gasteiger partial charge on any atom is 0.223 e. The number of amides is 1. The summed E-state index contributed by atoms with van der Waals surface area (Å²) in [5.41, 5.74) is 6.13. The van der Waals surface area contributed by atoms with Crippen LogP contribution >= 0.6 is 0 Å². The zero-order chi connectivity index (χ0) is 14.6. The molecule has 0 aromatic heterocycles. The molecule has 1 aliphatic rings. The molecule has 3 heteroatoms. The van der Waals surface area contributed by atoms with Crippen LogP contribution in [0.1, 0.15) is 60.3 Å². The Bertz CT molecular complexity index is 288. The monoisotopic (exact) mass is 268 g/mol. The fourth-order valence-electron chi connectivity index (χ4n) is 3.49. The fraction of sp³-hybridized carbons (Fsp3) is 0.938. The maximum atomic E-state index is 12.4. The first-order chi connectivity index (χ1) is 8.90. The summed E-state index contributed by atoms with van der Waals surface area (Å²) >= 11 is 0. The van der Waals surface area contributed by atoms with Crippen LogP contribution in [0.25, 0.3) is 0 Å². The molecule has 112 valence electrons. The van der Waals surface area contributed by atoms with Crippen molar-refractivity contribution in [3.63, 3.8) is 0 Å². The van der Waals surface area contributed by atoms with E-state index < -0.39 is 0 Å². The van der Waals surface area contributed by atoms with E-state index in [9.17, 15) is 4.79 Å². The number of carbonyl (C=O) groups excluding carboxylic acids is 1. The Kier molecular flexibility index (Phi) is 6.31. The zero-order valence-corrected chi connectivity index (χ0v) is 13.3. The molecule has 1 aliphatic carbocycles. The summed E-state index contributed by atoms with van der Waals surface area (Å²) in [4.78, 5) is 12.4. The molecule has 19 heavy (non-hydrogen) atoms. The molecule has 5 unspecified atom stereocenters. The summed E-state index contributed by atoms with van der Waals surface area (Å²) in [6.45, 7) is 10.9. The molecule has 1 fully saturated rings. The molecule has 1 rings (SSSR count). The van der Waals surface area contributed by atoms with Gasteiger partial charge in [0.25, 0.3) is 0 Å². The minimum atomic E-state index is 0.100. The van der Waals surface area contributed by atoms with Gasteiger partial charge in [-0.3, -0.25) is 4.79 Å². The lowest BCUT2D eigenvalue weighted by Crippen LogP contribution is -2.48. The van der Waals surface area contributed by atoms with Gasteiger partial charge in [0, 0.05) is 18.0 Å². The van der Waals surface area contributed by atoms with E-state index in [1.807, 2.05) is 0 Å². The molecule has 0 spiro atoms. The van der Waals surface area contributed by atoms with E-state index in [0.29, 0.717) is 17.8 Å². The normalized spacial score (nSPS) is 33.2. The third kappa shape index (κ3) is 4.20. The summed E-state index contributed by atoms with van der Waals surface area (Å²) in [6, 6.07) is 0.445. The summed E-state index contributed by atoms with van der Waals surface area (Å²) in [5.74, 6) is 1.88. The third-order valence-electron chi connectivity index (χ3n) is 5.15. The van der Waals surface area contributed by atoms with E-state index in [1.165, 1.54) is 0 Å². The summed E-state index contributed by atoms with van der Waals surface area (Å²) < 4.78 is 0. The summed E-state index contributed by atoms with van der Waals surface area (Å²) in [6.07, 6.45) is 4.14. The van der Waals surface area contributed by atoms with E-state index in [1.54, 1.807) is 0 Å². The van der Waals surface area contributed by atoms with Crippen LogP contribution in [0.3, 0.4) is 0 Å². The second kappa shape index (κ2) is 7.28. The highest BCUT2D eigenvalue weighted by molar-refractivity contribution is 5.79. The molecule has 3 nitrogen and oxygen atoms in total. The second-order valence-corrected chi connectivity index (χ2v) is 6.57. The van der Waals surface area contributed by atoms with E-state index in [4.69, 9.17) is 5.73 Å². The number of nitrogens with one attached hydrogen (secondary N) is 1. The Hall–Kier alpha value is -0.570. The highest BCUT2D eigenvalue weighted by Crippen LogP contribution is 2.33. The number of carbonyl (C=O) groups is 1. The van der Waals surface area contributed by atoms with Crippen LogP contribution in [0, 0.1) is 23.7 Å². The zero-order valence-electron chi connectivity index (χ0n) is 13.3. The van der Waals surface area contributed by atoms with Gasteiger partial charge in [0.15, 0.2) is 0 Å². The van der Waals surface area contributed by atoms with Crippen molar-refractivity contribution in [1.82, 2.24) is 5.32 Å². The fourth-order valence-corrected chi connectivity index (χ4v) is 3.49. The lowest BCUT2D eigenvalue weighted by Gasteiger charge is -2.37. The minimum Gasteiger partial charge on any atom is -0.353 e. The van der Waals surface area contributed by atoms with Gasteiger partial charge < -0.3 is 11.1 Å². The van der Waals surface area contributed by atoms with Crippen molar-refractivity contribution in [1.29, 1.82) is 0 Å². The first-order valence-electron chi connectivity index (χ1n) is 7.96. The Balaban J connectivity index is 2.57. The van der Waals surface area contributed by atoms with Crippen LogP contribution in [0.2, 0.25) is 0 Å². The standard InChI is InChI=1S/C16H32N2O/c1-6-13(7-2)12(5)18-16(19)14-9-15(17)11(4)8-10(14)3/h10-15H,6-9,17H2,1-5H3,(H,18,19). The molecule has 0 radical (unpaired) electrons. The van der Waals surface area contributed by atoms with Crippen molar-refractivity contribution in [2.45, 2.75) is 72.4 Å². The van der Waals surface area contributed by atoms with Crippen molar-refractivity contribution < 1.29 is 4.79 Å². The van der Waals surface area contributed by atoms with Gasteiger partial charge in [0.05, 0.1) is 0 Å². The number of nitrogens with two attached hydrogens (primary N) is 1. The van der Waals surface area contributed by atoms with E-state index in [-0.39, 0.29) is 23.9 Å². The Labute approximate surface area is 118 Å². The average molecular weight is 268 g/mol. The van der Waals surface area contributed by atoms with Crippen molar-refractivity contribution >= 4 is 5.91 Å². The Morgan fingerprint density at radius 3 is 2.32 bits per heavy atom. The number of hydrogen-bond acceptors (Lipinski definition) is 2. The molecular formula is C16H32N2O. The number of rotatable bonds is 5. The summed E-state index contributed by atoms with van der Waals surface area (Å²) in [7, 11) is 0. The van der Waals surface area contributed by atoms with Gasteiger partial charge in [-0.05, 0) is 37.5 Å². The molecule has 0 aliphatic heterocycles. The summed E-state index contributed by atoms with van der Waals surface area (Å²) in [5, 5.41) is 3.22. The molecule has 1 amide bonds. The third-order valence-corrected chi connectivity index (χ3v) is 5.15. The van der Waals surface area contributed by atoms with Crippen molar-refractivity contribution in [2.75, 3.05) is 0 Å². The molecule has 3 N–H and O–H groups in total. The SMILES string of the molecule is CCC(CC)C(C)NC(=O)C1CC(N)C(C)CC1C. The van der Waals surface area contributed by atoms with Gasteiger partial charge in [-0.25, -0.2) is 0 Å². The van der Waals surface area contributed by atoms with E-state index >= 15 is 0 Å².